The van der Waals surface area contributed by atoms with Crippen LogP contribution in [0.2, 0.25) is 0 Å². The molecule has 0 spiro atoms. The van der Waals surface area contributed by atoms with Gasteiger partial charge in [-0.2, -0.15) is 0 Å². The molecule has 2 atom stereocenters. The molecule has 6 N–H and O–H groups in total. The highest BCUT2D eigenvalue weighted by atomic mass is 19.1. The number of amides is 1. The molecule has 1 aliphatic carbocycles. The zero-order valence-corrected chi connectivity index (χ0v) is 16.2. The van der Waals surface area contributed by atoms with E-state index in [1.807, 2.05) is 26.1 Å². The molecule has 0 saturated heterocycles. The molecule has 0 aliphatic heterocycles. The molecule has 2 aromatic heterocycles. The van der Waals surface area contributed by atoms with Crippen molar-refractivity contribution in [1.29, 1.82) is 0 Å². The van der Waals surface area contributed by atoms with Gasteiger partial charge in [0.25, 0.3) is 5.91 Å². The van der Waals surface area contributed by atoms with E-state index in [1.54, 1.807) is 6.20 Å². The Bertz CT molecular complexity index is 855. The standard InChI is InChI=1S/C20H27FN6O/c1-3-16(22)17(4-2)26-20-15(21)8-14(18(23)28)19(27-20)25-13-7-12(9-24-10-13)11-5-6-11/h7-11,16-17H,3-6,22H2,1-2H3,(H2,23,28)(H2,25,26,27)/t16-,17+/m0/s1. The van der Waals surface area contributed by atoms with Crippen LogP contribution in [0.5, 0.6) is 0 Å². The Balaban J connectivity index is 1.92. The fourth-order valence-electron chi connectivity index (χ4n) is 3.15. The van der Waals surface area contributed by atoms with Crippen molar-refractivity contribution in [3.63, 3.8) is 0 Å². The Morgan fingerprint density at radius 1 is 1.25 bits per heavy atom. The molecule has 3 rings (SSSR count). The van der Waals surface area contributed by atoms with Crippen LogP contribution in [0.15, 0.2) is 24.5 Å². The average Bonchev–Trinajstić information content (AvgIpc) is 3.52. The maximum absolute atomic E-state index is 14.6. The van der Waals surface area contributed by atoms with Gasteiger partial charge in [-0.25, -0.2) is 9.37 Å². The molecule has 2 heterocycles. The molecule has 0 aromatic carbocycles. The molecule has 1 saturated carbocycles. The number of rotatable bonds is 9. The third-order valence-electron chi connectivity index (χ3n) is 5.06. The van der Waals surface area contributed by atoms with Crippen molar-refractivity contribution in [3.05, 3.63) is 41.5 Å². The Labute approximate surface area is 164 Å². The van der Waals surface area contributed by atoms with E-state index in [4.69, 9.17) is 11.5 Å². The van der Waals surface area contributed by atoms with Crippen molar-refractivity contribution >= 4 is 23.2 Å². The van der Waals surface area contributed by atoms with Crippen molar-refractivity contribution < 1.29 is 9.18 Å². The molecule has 8 heteroatoms. The van der Waals surface area contributed by atoms with Gasteiger partial charge in [0.15, 0.2) is 11.6 Å². The zero-order valence-electron chi connectivity index (χ0n) is 16.2. The largest absolute Gasteiger partial charge is 0.365 e. The first-order chi connectivity index (χ1) is 13.4. The van der Waals surface area contributed by atoms with Crippen LogP contribution in [0.25, 0.3) is 0 Å². The SMILES string of the molecule is CC[C@H](N)[C@@H](CC)Nc1nc(Nc2cncc(C3CC3)c2)c(C(N)=O)cc1F. The van der Waals surface area contributed by atoms with Gasteiger partial charge < -0.3 is 22.1 Å². The van der Waals surface area contributed by atoms with Crippen LogP contribution in [-0.4, -0.2) is 28.0 Å². The van der Waals surface area contributed by atoms with Crippen LogP contribution in [0.1, 0.15) is 61.4 Å². The number of hydrogen-bond acceptors (Lipinski definition) is 6. The van der Waals surface area contributed by atoms with E-state index in [9.17, 15) is 9.18 Å². The van der Waals surface area contributed by atoms with Crippen LogP contribution in [0, 0.1) is 5.82 Å². The normalized spacial score (nSPS) is 15.7. The lowest BCUT2D eigenvalue weighted by atomic mass is 10.0. The lowest BCUT2D eigenvalue weighted by Gasteiger charge is -2.24. The van der Waals surface area contributed by atoms with Gasteiger partial charge in [0.2, 0.25) is 0 Å². The van der Waals surface area contributed by atoms with E-state index in [1.165, 1.54) is 0 Å². The van der Waals surface area contributed by atoms with Crippen molar-refractivity contribution in [3.8, 4) is 0 Å². The molecule has 0 radical (unpaired) electrons. The Morgan fingerprint density at radius 3 is 2.61 bits per heavy atom. The smallest absolute Gasteiger partial charge is 0.252 e. The monoisotopic (exact) mass is 386 g/mol. The number of aromatic nitrogens is 2. The Morgan fingerprint density at radius 2 is 2.00 bits per heavy atom. The van der Waals surface area contributed by atoms with Gasteiger partial charge in [-0.05, 0) is 49.3 Å². The minimum absolute atomic E-state index is 0.0206. The lowest BCUT2D eigenvalue weighted by Crippen LogP contribution is -2.39. The first-order valence-corrected chi connectivity index (χ1v) is 9.67. The number of nitrogens with zero attached hydrogens (tertiary/aromatic N) is 2. The summed E-state index contributed by atoms with van der Waals surface area (Å²) in [6, 6.07) is 2.79. The molecule has 0 unspecified atom stereocenters. The van der Waals surface area contributed by atoms with Crippen molar-refractivity contribution in [2.75, 3.05) is 10.6 Å². The highest BCUT2D eigenvalue weighted by Crippen LogP contribution is 2.40. The second-order valence-electron chi connectivity index (χ2n) is 7.22. The zero-order chi connectivity index (χ0) is 20.3. The first kappa shape index (κ1) is 20.0. The number of carbonyl (C=O) groups excluding carboxylic acids is 1. The summed E-state index contributed by atoms with van der Waals surface area (Å²) < 4.78 is 14.6. The topological polar surface area (TPSA) is 119 Å². The number of nitrogens with two attached hydrogens (primary N) is 2. The number of hydrogen-bond donors (Lipinski definition) is 4. The van der Waals surface area contributed by atoms with E-state index in [2.05, 4.69) is 20.6 Å². The minimum Gasteiger partial charge on any atom is -0.365 e. The number of carbonyl (C=O) groups is 1. The van der Waals surface area contributed by atoms with E-state index >= 15 is 0 Å². The number of primary amides is 1. The molecule has 28 heavy (non-hydrogen) atoms. The predicted octanol–water partition coefficient (Wildman–Crippen LogP) is 3.26. The van der Waals surface area contributed by atoms with Gasteiger partial charge in [0.1, 0.15) is 5.82 Å². The number of anilines is 3. The molecule has 150 valence electrons. The van der Waals surface area contributed by atoms with Gasteiger partial charge in [0, 0.05) is 18.3 Å². The van der Waals surface area contributed by atoms with Gasteiger partial charge in [0.05, 0.1) is 17.4 Å². The van der Waals surface area contributed by atoms with Crippen molar-refractivity contribution in [2.24, 2.45) is 11.5 Å². The predicted molar refractivity (Wildman–Crippen MR) is 108 cm³/mol. The summed E-state index contributed by atoms with van der Waals surface area (Å²) in [6.45, 7) is 3.94. The third-order valence-corrected chi connectivity index (χ3v) is 5.06. The molecule has 1 aliphatic rings. The van der Waals surface area contributed by atoms with E-state index in [0.717, 1.165) is 30.9 Å². The average molecular weight is 386 g/mol. The summed E-state index contributed by atoms with van der Waals surface area (Å²) in [4.78, 5) is 20.4. The number of halogens is 1. The molecular weight excluding hydrogens is 359 g/mol. The highest BCUT2D eigenvalue weighted by molar-refractivity contribution is 5.98. The summed E-state index contributed by atoms with van der Waals surface area (Å²) in [5.74, 6) is -0.653. The second kappa shape index (κ2) is 8.52. The lowest BCUT2D eigenvalue weighted by molar-refractivity contribution is 0.100. The van der Waals surface area contributed by atoms with E-state index < -0.39 is 11.7 Å². The minimum atomic E-state index is -0.760. The summed E-state index contributed by atoms with van der Waals surface area (Å²) in [7, 11) is 0. The highest BCUT2D eigenvalue weighted by Gasteiger charge is 2.24. The van der Waals surface area contributed by atoms with Crippen LogP contribution in [0.3, 0.4) is 0 Å². The molecule has 1 fully saturated rings. The summed E-state index contributed by atoms with van der Waals surface area (Å²) >= 11 is 0. The molecule has 7 nitrogen and oxygen atoms in total. The van der Waals surface area contributed by atoms with E-state index in [0.29, 0.717) is 18.0 Å². The molecule has 1 amide bonds. The second-order valence-corrected chi connectivity index (χ2v) is 7.22. The Kier molecular flexibility index (Phi) is 6.08. The molecular formula is C20H27FN6O. The van der Waals surface area contributed by atoms with Crippen LogP contribution < -0.4 is 22.1 Å². The van der Waals surface area contributed by atoms with Gasteiger partial charge in [-0.15, -0.1) is 0 Å². The fraction of sp³-hybridized carbons (Fsp3) is 0.450. The molecule has 2 aromatic rings. The van der Waals surface area contributed by atoms with Crippen molar-refractivity contribution in [2.45, 2.75) is 57.5 Å². The number of pyridine rings is 2. The molecule has 0 bridgehead atoms. The van der Waals surface area contributed by atoms with Gasteiger partial charge in [-0.3, -0.25) is 9.78 Å². The van der Waals surface area contributed by atoms with Crippen LogP contribution in [-0.2, 0) is 0 Å². The first-order valence-electron chi connectivity index (χ1n) is 9.67. The third kappa shape index (κ3) is 4.56. The van der Waals surface area contributed by atoms with Crippen molar-refractivity contribution in [1.82, 2.24) is 9.97 Å². The van der Waals surface area contributed by atoms with Gasteiger partial charge >= 0.3 is 0 Å². The summed E-state index contributed by atoms with van der Waals surface area (Å²) in [5, 5.41) is 6.13. The fourth-order valence-corrected chi connectivity index (χ4v) is 3.15. The van der Waals surface area contributed by atoms with Crippen LogP contribution in [0.4, 0.5) is 21.7 Å². The Hall–Kier alpha value is -2.74. The summed E-state index contributed by atoms with van der Waals surface area (Å²) in [6.07, 6.45) is 7.23. The van der Waals surface area contributed by atoms with Crippen LogP contribution >= 0.6 is 0 Å². The number of nitrogens with one attached hydrogen (secondary N) is 2. The quantitative estimate of drug-likeness (QED) is 0.525. The maximum atomic E-state index is 14.6. The maximum Gasteiger partial charge on any atom is 0.252 e. The van der Waals surface area contributed by atoms with Gasteiger partial charge in [-0.1, -0.05) is 13.8 Å². The van der Waals surface area contributed by atoms with E-state index in [-0.39, 0.29) is 29.3 Å². The summed E-state index contributed by atoms with van der Waals surface area (Å²) in [5.41, 5.74) is 13.3.